The number of fused-ring (bicyclic) bond motifs is 1. The highest BCUT2D eigenvalue weighted by atomic mass is 19.1. The van der Waals surface area contributed by atoms with Crippen molar-refractivity contribution in [2.75, 3.05) is 13.2 Å². The molecule has 2 aliphatic rings. The van der Waals surface area contributed by atoms with E-state index in [4.69, 9.17) is 14.0 Å². The Balaban J connectivity index is 1.28. The predicted molar refractivity (Wildman–Crippen MR) is 109 cm³/mol. The minimum Gasteiger partial charge on any atom is -0.473 e. The van der Waals surface area contributed by atoms with Gasteiger partial charge in [0.2, 0.25) is 5.88 Å². The maximum atomic E-state index is 13.2. The van der Waals surface area contributed by atoms with Crippen LogP contribution in [0, 0.1) is 12.7 Å². The molecule has 3 aromatic rings. The molecule has 0 radical (unpaired) electrons. The summed E-state index contributed by atoms with van der Waals surface area (Å²) in [6, 6.07) is 9.87. The molecule has 5 rings (SSSR count). The molecule has 1 saturated heterocycles. The van der Waals surface area contributed by atoms with Crippen LogP contribution in [0.3, 0.4) is 0 Å². The minimum atomic E-state index is -0.305. The minimum absolute atomic E-state index is 0.0634. The van der Waals surface area contributed by atoms with Crippen molar-refractivity contribution in [2.24, 2.45) is 0 Å². The third kappa shape index (κ3) is 3.90. The summed E-state index contributed by atoms with van der Waals surface area (Å²) in [5.41, 5.74) is 4.15. The SMILES string of the molecule is Cc1onc(-c2ccc(F)cc2)c1COc1ccc2c(n1)CCN(C(=O)C1CCO1)C2. The number of rotatable bonds is 5. The van der Waals surface area contributed by atoms with Gasteiger partial charge < -0.3 is 18.9 Å². The van der Waals surface area contributed by atoms with E-state index in [0.717, 1.165) is 28.8 Å². The van der Waals surface area contributed by atoms with Crippen molar-refractivity contribution < 1.29 is 23.2 Å². The highest BCUT2D eigenvalue weighted by molar-refractivity contribution is 5.81. The summed E-state index contributed by atoms with van der Waals surface area (Å²) in [5.74, 6) is 0.908. The second-order valence-electron chi connectivity index (χ2n) is 7.77. The molecule has 7 nitrogen and oxygen atoms in total. The fraction of sp³-hybridized carbons (Fsp3) is 0.348. The molecule has 1 aromatic carbocycles. The van der Waals surface area contributed by atoms with Gasteiger partial charge in [0.15, 0.2) is 0 Å². The average Bonchev–Trinajstić information content (AvgIpc) is 3.11. The Morgan fingerprint density at radius 1 is 1.26 bits per heavy atom. The van der Waals surface area contributed by atoms with Gasteiger partial charge in [-0.05, 0) is 36.8 Å². The summed E-state index contributed by atoms with van der Waals surface area (Å²) in [4.78, 5) is 18.9. The normalized spacial score (nSPS) is 17.7. The summed E-state index contributed by atoms with van der Waals surface area (Å²) in [7, 11) is 0. The second-order valence-corrected chi connectivity index (χ2v) is 7.77. The Labute approximate surface area is 178 Å². The van der Waals surface area contributed by atoms with E-state index in [1.807, 2.05) is 24.0 Å². The first kappa shape index (κ1) is 19.7. The molecule has 8 heteroatoms. The summed E-state index contributed by atoms with van der Waals surface area (Å²) in [6.45, 7) is 3.88. The maximum absolute atomic E-state index is 13.2. The van der Waals surface area contributed by atoms with Gasteiger partial charge in [0.05, 0.1) is 17.9 Å². The summed E-state index contributed by atoms with van der Waals surface area (Å²) in [6.07, 6.45) is 1.20. The lowest BCUT2D eigenvalue weighted by Gasteiger charge is -2.34. The van der Waals surface area contributed by atoms with Crippen LogP contribution >= 0.6 is 0 Å². The highest BCUT2D eigenvalue weighted by Gasteiger charge is 2.32. The molecule has 1 atom stereocenters. The van der Waals surface area contributed by atoms with E-state index in [2.05, 4.69) is 10.1 Å². The van der Waals surface area contributed by atoms with Crippen LogP contribution in [-0.2, 0) is 29.1 Å². The second kappa shape index (κ2) is 8.11. The van der Waals surface area contributed by atoms with E-state index < -0.39 is 0 Å². The lowest BCUT2D eigenvalue weighted by molar-refractivity contribution is -0.157. The molecule has 160 valence electrons. The van der Waals surface area contributed by atoms with Crippen molar-refractivity contribution >= 4 is 5.91 Å². The molecule has 2 aliphatic heterocycles. The largest absolute Gasteiger partial charge is 0.473 e. The number of ether oxygens (including phenoxy) is 2. The Kier molecular flexibility index (Phi) is 5.15. The van der Waals surface area contributed by atoms with Crippen molar-refractivity contribution in [3.05, 3.63) is 64.8 Å². The zero-order valence-corrected chi connectivity index (χ0v) is 17.1. The summed E-state index contributed by atoms with van der Waals surface area (Å²) >= 11 is 0. The van der Waals surface area contributed by atoms with Crippen LogP contribution < -0.4 is 4.74 Å². The van der Waals surface area contributed by atoms with Gasteiger partial charge in [-0.1, -0.05) is 11.2 Å². The molecule has 4 heterocycles. The molecule has 1 unspecified atom stereocenters. The first-order valence-corrected chi connectivity index (χ1v) is 10.3. The Hall–Kier alpha value is -3.26. The summed E-state index contributed by atoms with van der Waals surface area (Å²) < 4.78 is 29.8. The number of halogens is 1. The number of aromatic nitrogens is 2. The van der Waals surface area contributed by atoms with Gasteiger partial charge >= 0.3 is 0 Å². The number of carbonyl (C=O) groups excluding carboxylic acids is 1. The number of carbonyl (C=O) groups is 1. The maximum Gasteiger partial charge on any atom is 0.252 e. The average molecular weight is 423 g/mol. The van der Waals surface area contributed by atoms with Crippen LogP contribution in [0.2, 0.25) is 0 Å². The molecule has 2 aromatic heterocycles. The van der Waals surface area contributed by atoms with Gasteiger partial charge in [-0.2, -0.15) is 0 Å². The topological polar surface area (TPSA) is 77.7 Å². The van der Waals surface area contributed by atoms with Crippen molar-refractivity contribution in [2.45, 2.75) is 39.0 Å². The Morgan fingerprint density at radius 2 is 2.06 bits per heavy atom. The third-order valence-corrected chi connectivity index (χ3v) is 5.78. The first-order valence-electron chi connectivity index (χ1n) is 10.3. The lowest BCUT2D eigenvalue weighted by atomic mass is 10.0. The van der Waals surface area contributed by atoms with Crippen molar-refractivity contribution in [3.8, 4) is 17.1 Å². The van der Waals surface area contributed by atoms with E-state index >= 15 is 0 Å². The van der Waals surface area contributed by atoms with Gasteiger partial charge in [0, 0.05) is 37.6 Å². The molecule has 0 N–H and O–H groups in total. The molecule has 31 heavy (non-hydrogen) atoms. The van der Waals surface area contributed by atoms with E-state index in [1.165, 1.54) is 12.1 Å². The molecule has 0 aliphatic carbocycles. The van der Waals surface area contributed by atoms with E-state index in [1.54, 1.807) is 12.1 Å². The Bertz CT molecular complexity index is 1110. The summed E-state index contributed by atoms with van der Waals surface area (Å²) in [5, 5.41) is 4.10. The number of pyridine rings is 1. The Morgan fingerprint density at radius 3 is 2.81 bits per heavy atom. The number of amides is 1. The molecular formula is C23H22FN3O4. The number of aryl methyl sites for hydroxylation is 1. The van der Waals surface area contributed by atoms with Crippen LogP contribution in [0.25, 0.3) is 11.3 Å². The smallest absolute Gasteiger partial charge is 0.252 e. The first-order chi connectivity index (χ1) is 15.1. The van der Waals surface area contributed by atoms with Crippen molar-refractivity contribution in [3.63, 3.8) is 0 Å². The van der Waals surface area contributed by atoms with Crippen molar-refractivity contribution in [1.29, 1.82) is 0 Å². The third-order valence-electron chi connectivity index (χ3n) is 5.78. The number of hydrogen-bond acceptors (Lipinski definition) is 6. The van der Waals surface area contributed by atoms with Gasteiger partial charge in [0.1, 0.15) is 30.0 Å². The fourth-order valence-corrected chi connectivity index (χ4v) is 3.84. The number of hydrogen-bond donors (Lipinski definition) is 0. The van der Waals surface area contributed by atoms with E-state index in [0.29, 0.717) is 43.5 Å². The van der Waals surface area contributed by atoms with Crippen LogP contribution in [-0.4, -0.2) is 40.2 Å². The fourth-order valence-electron chi connectivity index (χ4n) is 3.84. The zero-order valence-electron chi connectivity index (χ0n) is 17.1. The molecular weight excluding hydrogens is 401 g/mol. The van der Waals surface area contributed by atoms with Gasteiger partial charge in [-0.3, -0.25) is 4.79 Å². The highest BCUT2D eigenvalue weighted by Crippen LogP contribution is 2.28. The molecule has 0 bridgehead atoms. The van der Waals surface area contributed by atoms with Crippen molar-refractivity contribution in [1.82, 2.24) is 15.0 Å². The standard InChI is InChI=1S/C23H22FN3O4/c1-14-18(22(26-31-14)15-2-5-17(24)6-3-15)13-30-21-7-4-16-12-27(10-8-19(16)25-21)23(28)20-9-11-29-20/h2-7,20H,8-13H2,1H3. The monoisotopic (exact) mass is 423 g/mol. The predicted octanol–water partition coefficient (Wildman–Crippen LogP) is 3.44. The molecule has 0 spiro atoms. The van der Waals surface area contributed by atoms with Gasteiger partial charge in [0.25, 0.3) is 5.91 Å². The number of benzene rings is 1. The zero-order chi connectivity index (χ0) is 21.4. The van der Waals surface area contributed by atoms with Crippen LogP contribution in [0.15, 0.2) is 40.9 Å². The van der Waals surface area contributed by atoms with Crippen LogP contribution in [0.5, 0.6) is 5.88 Å². The van der Waals surface area contributed by atoms with Crippen LogP contribution in [0.4, 0.5) is 4.39 Å². The van der Waals surface area contributed by atoms with E-state index in [-0.39, 0.29) is 24.4 Å². The van der Waals surface area contributed by atoms with Gasteiger partial charge in [-0.15, -0.1) is 0 Å². The van der Waals surface area contributed by atoms with Crippen LogP contribution in [0.1, 0.15) is 29.0 Å². The molecule has 1 fully saturated rings. The quantitative estimate of drug-likeness (QED) is 0.626. The molecule has 0 saturated carbocycles. The number of nitrogens with zero attached hydrogens (tertiary/aromatic N) is 3. The van der Waals surface area contributed by atoms with Gasteiger partial charge in [-0.25, -0.2) is 9.37 Å². The van der Waals surface area contributed by atoms with E-state index in [9.17, 15) is 9.18 Å². The lowest BCUT2D eigenvalue weighted by Crippen LogP contribution is -2.47. The molecule has 1 amide bonds.